The van der Waals surface area contributed by atoms with Crippen molar-refractivity contribution in [1.82, 2.24) is 0 Å². The van der Waals surface area contributed by atoms with Gasteiger partial charge in [0.25, 0.3) is 0 Å². The van der Waals surface area contributed by atoms with Crippen LogP contribution in [-0.4, -0.2) is 12.6 Å². The number of hydrogen-bond donors (Lipinski definition) is 0. The second kappa shape index (κ2) is 7.05. The maximum atomic E-state index is 9.76. The van der Waals surface area contributed by atoms with Gasteiger partial charge in [0.2, 0.25) is 6.08 Å². The zero-order valence-electron chi connectivity index (χ0n) is 8.34. The van der Waals surface area contributed by atoms with Crippen molar-refractivity contribution in [2.24, 2.45) is 16.8 Å². The van der Waals surface area contributed by atoms with Crippen molar-refractivity contribution < 1.29 is 4.79 Å². The molecule has 0 rings (SSSR count). The lowest BCUT2D eigenvalue weighted by atomic mass is 9.97. The van der Waals surface area contributed by atoms with E-state index in [4.69, 9.17) is 0 Å². The topological polar surface area (TPSA) is 29.4 Å². The molecule has 0 N–H and O–H groups in total. The Hall–Kier alpha value is -0.620. The normalized spacial score (nSPS) is 12.7. The molecule has 0 aliphatic carbocycles. The van der Waals surface area contributed by atoms with E-state index in [1.165, 1.54) is 12.8 Å². The molecule has 0 saturated heterocycles. The van der Waals surface area contributed by atoms with Gasteiger partial charge in [-0.15, -0.1) is 0 Å². The highest BCUT2D eigenvalue weighted by atomic mass is 16.1. The van der Waals surface area contributed by atoms with Gasteiger partial charge in [-0.25, -0.2) is 9.79 Å². The van der Waals surface area contributed by atoms with Gasteiger partial charge in [-0.2, -0.15) is 0 Å². The predicted octanol–water partition coefficient (Wildman–Crippen LogP) is 2.78. The molecule has 70 valence electrons. The summed E-state index contributed by atoms with van der Waals surface area (Å²) in [6, 6.07) is 0. The van der Waals surface area contributed by atoms with Crippen LogP contribution in [0.4, 0.5) is 0 Å². The first kappa shape index (κ1) is 11.4. The molecule has 0 radical (unpaired) electrons. The van der Waals surface area contributed by atoms with Crippen LogP contribution in [0.2, 0.25) is 0 Å². The lowest BCUT2D eigenvalue weighted by Crippen LogP contribution is -1.99. The number of hydrogen-bond acceptors (Lipinski definition) is 2. The largest absolute Gasteiger partial charge is 0.234 e. The quantitative estimate of drug-likeness (QED) is 0.444. The van der Waals surface area contributed by atoms with Gasteiger partial charge in [-0.3, -0.25) is 0 Å². The molecule has 0 aromatic rings. The molecular formula is C10H19NO. The summed E-state index contributed by atoms with van der Waals surface area (Å²) >= 11 is 0. The Morgan fingerprint density at radius 1 is 1.17 bits per heavy atom. The predicted molar refractivity (Wildman–Crippen MR) is 50.8 cm³/mol. The first-order valence-electron chi connectivity index (χ1n) is 4.70. The molecule has 0 aliphatic rings. The number of isocyanates is 1. The number of rotatable bonds is 6. The molecule has 0 bridgehead atoms. The average molecular weight is 169 g/mol. The van der Waals surface area contributed by atoms with Crippen LogP contribution < -0.4 is 0 Å². The second-order valence-electron chi connectivity index (χ2n) is 3.84. The molecular weight excluding hydrogens is 150 g/mol. The summed E-state index contributed by atoms with van der Waals surface area (Å²) in [6.07, 6.45) is 5.09. The molecule has 2 heteroatoms. The lowest BCUT2D eigenvalue weighted by Gasteiger charge is -2.10. The van der Waals surface area contributed by atoms with Crippen LogP contribution in [-0.2, 0) is 4.79 Å². The maximum absolute atomic E-state index is 9.76. The highest BCUT2D eigenvalue weighted by molar-refractivity contribution is 5.32. The zero-order chi connectivity index (χ0) is 9.40. The standard InChI is InChI=1S/C10H19NO/c1-9(2)4-5-10(3)6-7-11-8-12/h9-10H,4-7H2,1-3H3/t10-/m1/s1. The van der Waals surface area contributed by atoms with Gasteiger partial charge in [0.15, 0.2) is 0 Å². The van der Waals surface area contributed by atoms with Crippen molar-refractivity contribution in [1.29, 1.82) is 0 Å². The van der Waals surface area contributed by atoms with E-state index in [0.717, 1.165) is 12.3 Å². The van der Waals surface area contributed by atoms with Crippen LogP contribution in [0.3, 0.4) is 0 Å². The van der Waals surface area contributed by atoms with E-state index in [-0.39, 0.29) is 0 Å². The second-order valence-corrected chi connectivity index (χ2v) is 3.84. The van der Waals surface area contributed by atoms with Crippen LogP contribution in [0.5, 0.6) is 0 Å². The third kappa shape index (κ3) is 7.49. The van der Waals surface area contributed by atoms with Crippen molar-refractivity contribution in [3.63, 3.8) is 0 Å². The highest BCUT2D eigenvalue weighted by Gasteiger charge is 2.02. The Morgan fingerprint density at radius 3 is 2.33 bits per heavy atom. The summed E-state index contributed by atoms with van der Waals surface area (Å²) < 4.78 is 0. The molecule has 0 unspecified atom stereocenters. The number of aliphatic imine (C=N–C) groups is 1. The van der Waals surface area contributed by atoms with Crippen LogP contribution in [0.15, 0.2) is 4.99 Å². The molecule has 1 atom stereocenters. The Morgan fingerprint density at radius 2 is 1.83 bits per heavy atom. The van der Waals surface area contributed by atoms with E-state index in [0.29, 0.717) is 12.5 Å². The van der Waals surface area contributed by atoms with Crippen LogP contribution >= 0.6 is 0 Å². The Balaban J connectivity index is 3.32. The van der Waals surface area contributed by atoms with E-state index >= 15 is 0 Å². The van der Waals surface area contributed by atoms with Crippen molar-refractivity contribution in [3.05, 3.63) is 0 Å². The first-order chi connectivity index (χ1) is 5.66. The van der Waals surface area contributed by atoms with E-state index in [1.807, 2.05) is 0 Å². The van der Waals surface area contributed by atoms with Gasteiger partial charge >= 0.3 is 0 Å². The van der Waals surface area contributed by atoms with E-state index in [9.17, 15) is 4.79 Å². The number of carbonyl (C=O) groups excluding carboxylic acids is 1. The minimum Gasteiger partial charge on any atom is -0.211 e. The van der Waals surface area contributed by atoms with Gasteiger partial charge in [-0.1, -0.05) is 33.6 Å². The van der Waals surface area contributed by atoms with Gasteiger partial charge in [-0.05, 0) is 18.3 Å². The minimum atomic E-state index is 0.642. The van der Waals surface area contributed by atoms with Crippen molar-refractivity contribution >= 4 is 6.08 Å². The lowest BCUT2D eigenvalue weighted by molar-refractivity contribution is 0.432. The maximum Gasteiger partial charge on any atom is 0.234 e. The van der Waals surface area contributed by atoms with Gasteiger partial charge in [0, 0.05) is 0 Å². The number of nitrogens with zero attached hydrogens (tertiary/aromatic N) is 1. The van der Waals surface area contributed by atoms with E-state index in [1.54, 1.807) is 6.08 Å². The molecule has 0 amide bonds. The van der Waals surface area contributed by atoms with E-state index in [2.05, 4.69) is 25.8 Å². The summed E-state index contributed by atoms with van der Waals surface area (Å²) in [5.74, 6) is 1.46. The smallest absolute Gasteiger partial charge is 0.211 e. The average Bonchev–Trinajstić information content (AvgIpc) is 2.01. The van der Waals surface area contributed by atoms with Gasteiger partial charge < -0.3 is 0 Å². The van der Waals surface area contributed by atoms with Crippen LogP contribution in [0, 0.1) is 11.8 Å². The fourth-order valence-electron chi connectivity index (χ4n) is 1.09. The molecule has 0 fully saturated rings. The monoisotopic (exact) mass is 169 g/mol. The molecule has 12 heavy (non-hydrogen) atoms. The Labute approximate surface area is 75.1 Å². The highest BCUT2D eigenvalue weighted by Crippen LogP contribution is 2.14. The zero-order valence-corrected chi connectivity index (χ0v) is 8.34. The molecule has 0 aromatic heterocycles. The van der Waals surface area contributed by atoms with E-state index < -0.39 is 0 Å². The summed E-state index contributed by atoms with van der Waals surface area (Å²) in [5, 5.41) is 0. The Kier molecular flexibility index (Phi) is 6.69. The minimum absolute atomic E-state index is 0.642. The molecule has 2 nitrogen and oxygen atoms in total. The first-order valence-corrected chi connectivity index (χ1v) is 4.70. The Bertz CT molecular complexity index is 148. The van der Waals surface area contributed by atoms with Gasteiger partial charge in [0.1, 0.15) is 0 Å². The SMILES string of the molecule is CC(C)CC[C@@H](C)CCN=C=O. The van der Waals surface area contributed by atoms with Crippen LogP contribution in [0.1, 0.15) is 40.0 Å². The summed E-state index contributed by atoms with van der Waals surface area (Å²) in [7, 11) is 0. The summed E-state index contributed by atoms with van der Waals surface area (Å²) in [4.78, 5) is 13.3. The molecule has 0 aromatic carbocycles. The molecule has 0 aliphatic heterocycles. The summed E-state index contributed by atoms with van der Waals surface area (Å²) in [5.41, 5.74) is 0. The van der Waals surface area contributed by atoms with Crippen molar-refractivity contribution in [2.45, 2.75) is 40.0 Å². The fourth-order valence-corrected chi connectivity index (χ4v) is 1.09. The fraction of sp³-hybridized carbons (Fsp3) is 0.900. The summed E-state index contributed by atoms with van der Waals surface area (Å²) in [6.45, 7) is 7.32. The van der Waals surface area contributed by atoms with Crippen LogP contribution in [0.25, 0.3) is 0 Å². The molecule has 0 heterocycles. The van der Waals surface area contributed by atoms with Gasteiger partial charge in [0.05, 0.1) is 6.54 Å². The third-order valence-electron chi connectivity index (χ3n) is 2.04. The third-order valence-corrected chi connectivity index (χ3v) is 2.04. The van der Waals surface area contributed by atoms with Crippen molar-refractivity contribution in [2.75, 3.05) is 6.54 Å². The molecule has 0 saturated carbocycles. The molecule has 0 spiro atoms. The van der Waals surface area contributed by atoms with Crippen molar-refractivity contribution in [3.8, 4) is 0 Å².